The van der Waals surface area contributed by atoms with Crippen LogP contribution in [-0.4, -0.2) is 4.98 Å². The number of hydrogen-bond donors (Lipinski definition) is 1. The maximum absolute atomic E-state index is 3.16. The molecule has 1 aromatic heterocycles. The minimum Gasteiger partial charge on any atom is -0.361 e. The molecule has 66 valence electrons. The van der Waals surface area contributed by atoms with Gasteiger partial charge in [0.05, 0.1) is 0 Å². The molecule has 2 aromatic rings. The van der Waals surface area contributed by atoms with E-state index in [0.29, 0.717) is 0 Å². The molecule has 2 rings (SSSR count). The summed E-state index contributed by atoms with van der Waals surface area (Å²) in [5.41, 5.74) is 2.55. The van der Waals surface area contributed by atoms with Crippen LogP contribution in [0.5, 0.6) is 0 Å². The van der Waals surface area contributed by atoms with Crippen molar-refractivity contribution in [3.63, 3.8) is 0 Å². The monoisotopic (exact) mass is 163 g/mol. The maximum Gasteiger partial charge on any atom is 0.0456 e. The van der Waals surface area contributed by atoms with E-state index in [2.05, 4.69) is 36.2 Å². The van der Waals surface area contributed by atoms with Gasteiger partial charge in [0, 0.05) is 18.5 Å². The van der Waals surface area contributed by atoms with Crippen molar-refractivity contribution in [1.82, 2.24) is 4.98 Å². The van der Waals surface area contributed by atoms with Gasteiger partial charge in [0.25, 0.3) is 0 Å². The molecule has 0 unspecified atom stereocenters. The fourth-order valence-corrected chi connectivity index (χ4v) is 1.24. The highest BCUT2D eigenvalue weighted by Gasteiger charge is 1.93. The lowest BCUT2D eigenvalue weighted by Gasteiger charge is -1.92. The quantitative estimate of drug-likeness (QED) is 0.608. The molecule has 0 amide bonds. The summed E-state index contributed by atoms with van der Waals surface area (Å²) in [6, 6.07) is 8.37. The van der Waals surface area contributed by atoms with Crippen LogP contribution in [0.3, 0.4) is 0 Å². The Hall–Kier alpha value is -1.24. The first-order chi connectivity index (χ1) is 5.88. The van der Waals surface area contributed by atoms with Gasteiger partial charge in [-0.3, -0.25) is 0 Å². The third kappa shape index (κ3) is 1.50. The van der Waals surface area contributed by atoms with Crippen LogP contribution in [0.2, 0.25) is 0 Å². The number of nitrogens with one attached hydrogen (secondary N) is 1. The summed E-state index contributed by atoms with van der Waals surface area (Å²) in [6.45, 7) is 6.12. The average Bonchev–Trinajstić information content (AvgIpc) is 2.57. The molecule has 0 atom stereocenters. The Balaban J connectivity index is 0.000000451. The normalized spacial score (nSPS) is 9.25. The highest BCUT2D eigenvalue weighted by Crippen LogP contribution is 2.15. The zero-order valence-electron chi connectivity index (χ0n) is 7.89. The van der Waals surface area contributed by atoms with Crippen molar-refractivity contribution in [2.24, 2.45) is 0 Å². The minimum atomic E-state index is 0. The molecule has 1 aromatic carbocycles. The van der Waals surface area contributed by atoms with E-state index in [1.807, 2.05) is 20.0 Å². The van der Waals surface area contributed by atoms with E-state index in [1.54, 1.807) is 0 Å². The van der Waals surface area contributed by atoms with Crippen LogP contribution in [-0.2, 0) is 0 Å². The Kier molecular flexibility index (Phi) is 2.92. The van der Waals surface area contributed by atoms with Crippen LogP contribution in [0.4, 0.5) is 0 Å². The third-order valence-electron chi connectivity index (χ3n) is 1.81. The molecule has 1 heteroatoms. The fourth-order valence-electron chi connectivity index (χ4n) is 1.24. The van der Waals surface area contributed by atoms with E-state index < -0.39 is 0 Å². The molecule has 12 heavy (non-hydrogen) atoms. The average molecular weight is 163 g/mol. The van der Waals surface area contributed by atoms with Gasteiger partial charge in [0.1, 0.15) is 0 Å². The second-order valence-electron chi connectivity index (χ2n) is 2.51. The predicted molar refractivity (Wildman–Crippen MR) is 56.5 cm³/mol. The molecule has 0 aliphatic rings. The van der Waals surface area contributed by atoms with Crippen molar-refractivity contribution in [1.29, 1.82) is 0 Å². The number of H-pyrrole nitrogens is 1. The summed E-state index contributed by atoms with van der Waals surface area (Å²) in [5, 5.41) is 1.32. The largest absolute Gasteiger partial charge is 0.361 e. The molecule has 0 aliphatic heterocycles. The van der Waals surface area contributed by atoms with Gasteiger partial charge in [-0.15, -0.1) is 0 Å². The first-order valence-electron chi connectivity index (χ1n) is 4.40. The molecule has 0 fully saturated rings. The highest BCUT2D eigenvalue weighted by atomic mass is 14.7. The van der Waals surface area contributed by atoms with Crippen LogP contribution >= 0.6 is 0 Å². The number of aromatic nitrogens is 1. The van der Waals surface area contributed by atoms with Crippen molar-refractivity contribution < 1.29 is 1.43 Å². The Morgan fingerprint density at radius 3 is 2.58 bits per heavy atom. The standard InChI is InChI=1S/C9H9N.C2H6.H2/c1-7-3-2-4-9-8(7)5-6-10-9;1-2;/h2-6,10H,1H3;1-2H3;1H. The van der Waals surface area contributed by atoms with Crippen molar-refractivity contribution >= 4 is 10.9 Å². The van der Waals surface area contributed by atoms with E-state index in [-0.39, 0.29) is 1.43 Å². The lowest BCUT2D eigenvalue weighted by molar-refractivity contribution is 1.47. The summed E-state index contributed by atoms with van der Waals surface area (Å²) in [5.74, 6) is 0. The first kappa shape index (κ1) is 8.85. The number of aryl methyl sites for hydroxylation is 1. The highest BCUT2D eigenvalue weighted by molar-refractivity contribution is 5.82. The van der Waals surface area contributed by atoms with Gasteiger partial charge in [-0.1, -0.05) is 26.0 Å². The predicted octanol–water partition coefficient (Wildman–Crippen LogP) is 3.75. The van der Waals surface area contributed by atoms with Gasteiger partial charge in [-0.2, -0.15) is 0 Å². The summed E-state index contributed by atoms with van der Waals surface area (Å²) in [7, 11) is 0. The van der Waals surface area contributed by atoms with Crippen molar-refractivity contribution in [2.75, 3.05) is 0 Å². The molecule has 1 nitrogen and oxygen atoms in total. The van der Waals surface area contributed by atoms with Crippen LogP contribution in [0, 0.1) is 6.92 Å². The van der Waals surface area contributed by atoms with E-state index in [1.165, 1.54) is 16.5 Å². The van der Waals surface area contributed by atoms with E-state index >= 15 is 0 Å². The van der Waals surface area contributed by atoms with E-state index in [9.17, 15) is 0 Å². The summed E-state index contributed by atoms with van der Waals surface area (Å²) >= 11 is 0. The zero-order valence-corrected chi connectivity index (χ0v) is 7.89. The van der Waals surface area contributed by atoms with Gasteiger partial charge in [0.2, 0.25) is 0 Å². The van der Waals surface area contributed by atoms with Crippen LogP contribution in [0.25, 0.3) is 10.9 Å². The Labute approximate surface area is 74.9 Å². The minimum absolute atomic E-state index is 0. The van der Waals surface area contributed by atoms with Gasteiger partial charge in [0.15, 0.2) is 0 Å². The van der Waals surface area contributed by atoms with E-state index in [4.69, 9.17) is 0 Å². The molecular formula is C11H17N. The summed E-state index contributed by atoms with van der Waals surface area (Å²) in [6.07, 6.45) is 1.97. The van der Waals surface area contributed by atoms with Crippen molar-refractivity contribution in [2.45, 2.75) is 20.8 Å². The van der Waals surface area contributed by atoms with Gasteiger partial charge < -0.3 is 4.98 Å². The van der Waals surface area contributed by atoms with Gasteiger partial charge >= 0.3 is 0 Å². The Bertz CT molecular complexity index is 352. The second kappa shape index (κ2) is 3.96. The number of hydrogen-bond acceptors (Lipinski definition) is 0. The molecule has 0 bridgehead atoms. The van der Waals surface area contributed by atoms with Crippen molar-refractivity contribution in [3.05, 3.63) is 36.0 Å². The number of aromatic amines is 1. The Morgan fingerprint density at radius 2 is 1.92 bits per heavy atom. The lowest BCUT2D eigenvalue weighted by atomic mass is 10.1. The summed E-state index contributed by atoms with van der Waals surface area (Å²) < 4.78 is 0. The number of fused-ring (bicyclic) bond motifs is 1. The molecule has 0 spiro atoms. The number of benzene rings is 1. The molecule has 1 N–H and O–H groups in total. The molecule has 0 aliphatic carbocycles. The van der Waals surface area contributed by atoms with Crippen LogP contribution in [0.1, 0.15) is 20.8 Å². The molecule has 1 heterocycles. The Morgan fingerprint density at radius 1 is 1.17 bits per heavy atom. The van der Waals surface area contributed by atoms with E-state index in [0.717, 1.165) is 0 Å². The second-order valence-corrected chi connectivity index (χ2v) is 2.51. The molecular weight excluding hydrogens is 146 g/mol. The molecule has 0 saturated carbocycles. The van der Waals surface area contributed by atoms with Crippen LogP contribution in [0.15, 0.2) is 30.5 Å². The van der Waals surface area contributed by atoms with Gasteiger partial charge in [-0.05, 0) is 24.6 Å². The van der Waals surface area contributed by atoms with Crippen molar-refractivity contribution in [3.8, 4) is 0 Å². The SMILES string of the molecule is CC.Cc1cccc2[nH]ccc12.[HH]. The topological polar surface area (TPSA) is 15.8 Å². The first-order valence-corrected chi connectivity index (χ1v) is 4.40. The maximum atomic E-state index is 3.16. The van der Waals surface area contributed by atoms with Crippen LogP contribution < -0.4 is 0 Å². The lowest BCUT2D eigenvalue weighted by Crippen LogP contribution is -1.71. The number of rotatable bonds is 0. The molecule has 0 saturated heterocycles. The fraction of sp³-hybridized carbons (Fsp3) is 0.273. The molecule has 0 radical (unpaired) electrons. The summed E-state index contributed by atoms with van der Waals surface area (Å²) in [4.78, 5) is 3.16. The zero-order chi connectivity index (χ0) is 8.97. The smallest absolute Gasteiger partial charge is 0.0456 e. The third-order valence-corrected chi connectivity index (χ3v) is 1.81. The van der Waals surface area contributed by atoms with Gasteiger partial charge in [-0.25, -0.2) is 0 Å².